The van der Waals surface area contributed by atoms with Crippen LogP contribution < -0.4 is 5.32 Å². The zero-order valence-corrected chi connectivity index (χ0v) is 14.5. The molecular formula is C20H12ClF2N3O. The number of anilines is 1. The predicted molar refractivity (Wildman–Crippen MR) is 101 cm³/mol. The number of H-pyrrole nitrogens is 1. The second-order valence-electron chi connectivity index (χ2n) is 5.93. The van der Waals surface area contributed by atoms with Crippen LogP contribution in [0.1, 0.15) is 10.4 Å². The zero-order valence-electron chi connectivity index (χ0n) is 13.8. The fourth-order valence-corrected chi connectivity index (χ4v) is 2.97. The van der Waals surface area contributed by atoms with Crippen molar-refractivity contribution >= 4 is 34.2 Å². The Morgan fingerprint density at radius 3 is 2.52 bits per heavy atom. The summed E-state index contributed by atoms with van der Waals surface area (Å²) in [6, 6.07) is 15.6. The maximum atomic E-state index is 13.5. The molecule has 0 aliphatic heterocycles. The Bertz CT molecular complexity index is 1170. The van der Waals surface area contributed by atoms with Crippen LogP contribution in [0.3, 0.4) is 0 Å². The molecule has 0 saturated heterocycles. The number of amides is 1. The van der Waals surface area contributed by atoms with Gasteiger partial charge in [-0.25, -0.2) is 8.78 Å². The first kappa shape index (κ1) is 17.2. The molecule has 0 aliphatic carbocycles. The second kappa shape index (κ2) is 6.81. The Labute approximate surface area is 157 Å². The minimum absolute atomic E-state index is 0.337. The van der Waals surface area contributed by atoms with Crippen LogP contribution in [0.5, 0.6) is 0 Å². The van der Waals surface area contributed by atoms with Gasteiger partial charge < -0.3 is 5.32 Å². The smallest absolute Gasteiger partial charge is 0.256 e. The van der Waals surface area contributed by atoms with Crippen LogP contribution in [0.15, 0.2) is 60.7 Å². The van der Waals surface area contributed by atoms with Gasteiger partial charge in [-0.15, -0.1) is 0 Å². The van der Waals surface area contributed by atoms with Crippen molar-refractivity contribution in [3.63, 3.8) is 0 Å². The fourth-order valence-electron chi connectivity index (χ4n) is 2.78. The van der Waals surface area contributed by atoms with E-state index in [9.17, 15) is 13.6 Å². The Morgan fingerprint density at radius 1 is 0.963 bits per heavy atom. The number of halogens is 3. The van der Waals surface area contributed by atoms with Gasteiger partial charge >= 0.3 is 0 Å². The van der Waals surface area contributed by atoms with E-state index >= 15 is 0 Å². The summed E-state index contributed by atoms with van der Waals surface area (Å²) in [5.74, 6) is -1.78. The highest BCUT2D eigenvalue weighted by Crippen LogP contribution is 2.28. The average Bonchev–Trinajstić information content (AvgIpc) is 3.06. The molecule has 0 saturated carbocycles. The third-order valence-electron chi connectivity index (χ3n) is 4.13. The first-order chi connectivity index (χ1) is 13.0. The first-order valence-electron chi connectivity index (χ1n) is 8.02. The number of aromatic nitrogens is 2. The van der Waals surface area contributed by atoms with Crippen molar-refractivity contribution in [1.82, 2.24) is 10.2 Å². The van der Waals surface area contributed by atoms with Crippen molar-refractivity contribution in [3.8, 4) is 11.1 Å². The molecule has 0 bridgehead atoms. The molecule has 3 aromatic carbocycles. The molecule has 4 nitrogen and oxygen atoms in total. The maximum absolute atomic E-state index is 13.5. The summed E-state index contributed by atoms with van der Waals surface area (Å²) in [6.45, 7) is 0. The van der Waals surface area contributed by atoms with E-state index in [-0.39, 0.29) is 5.91 Å². The summed E-state index contributed by atoms with van der Waals surface area (Å²) in [5.41, 5.74) is 2.29. The van der Waals surface area contributed by atoms with Gasteiger partial charge in [0.2, 0.25) is 0 Å². The standard InChI is InChI=1S/C20H12ClF2N3O/c21-14-3-1-2-13(8-14)20(27)24-19-15-6-4-12(10-18(15)25-26-19)11-5-7-16(22)17(23)9-11/h1-10H,(H2,24,25,26,27). The monoisotopic (exact) mass is 383 g/mol. The molecule has 1 heterocycles. The van der Waals surface area contributed by atoms with E-state index in [0.29, 0.717) is 38.4 Å². The van der Waals surface area contributed by atoms with Gasteiger partial charge in [0.25, 0.3) is 5.91 Å². The molecule has 0 radical (unpaired) electrons. The van der Waals surface area contributed by atoms with Crippen molar-refractivity contribution in [3.05, 3.63) is 82.9 Å². The summed E-state index contributed by atoms with van der Waals surface area (Å²) >= 11 is 5.91. The Hall–Kier alpha value is -3.25. The van der Waals surface area contributed by atoms with E-state index in [4.69, 9.17) is 11.6 Å². The Morgan fingerprint density at radius 2 is 1.74 bits per heavy atom. The SMILES string of the molecule is O=C(Nc1n[nH]c2cc(-c3ccc(F)c(F)c3)ccc12)c1cccc(Cl)c1. The van der Waals surface area contributed by atoms with Crippen molar-refractivity contribution in [2.45, 2.75) is 0 Å². The molecule has 1 aromatic heterocycles. The normalized spacial score (nSPS) is 10.9. The summed E-state index contributed by atoms with van der Waals surface area (Å²) in [6.07, 6.45) is 0. The number of nitrogens with one attached hydrogen (secondary N) is 2. The number of benzene rings is 3. The molecule has 0 atom stereocenters. The zero-order chi connectivity index (χ0) is 19.0. The molecule has 27 heavy (non-hydrogen) atoms. The van der Waals surface area contributed by atoms with E-state index in [1.54, 1.807) is 42.5 Å². The Balaban J connectivity index is 1.64. The van der Waals surface area contributed by atoms with Crippen LogP contribution in [-0.4, -0.2) is 16.1 Å². The van der Waals surface area contributed by atoms with Crippen LogP contribution in [0, 0.1) is 11.6 Å². The fraction of sp³-hybridized carbons (Fsp3) is 0. The summed E-state index contributed by atoms with van der Waals surface area (Å²) < 4.78 is 26.6. The van der Waals surface area contributed by atoms with Crippen molar-refractivity contribution in [2.75, 3.05) is 5.32 Å². The van der Waals surface area contributed by atoms with Gasteiger partial charge in [-0.3, -0.25) is 9.89 Å². The van der Waals surface area contributed by atoms with Gasteiger partial charge in [0.1, 0.15) is 0 Å². The molecule has 7 heteroatoms. The molecular weight excluding hydrogens is 372 g/mol. The highest BCUT2D eigenvalue weighted by molar-refractivity contribution is 6.31. The lowest BCUT2D eigenvalue weighted by molar-refractivity contribution is 0.102. The minimum Gasteiger partial charge on any atom is -0.305 e. The first-order valence-corrected chi connectivity index (χ1v) is 8.39. The number of hydrogen-bond acceptors (Lipinski definition) is 2. The summed E-state index contributed by atoms with van der Waals surface area (Å²) in [7, 11) is 0. The molecule has 4 aromatic rings. The number of nitrogens with zero attached hydrogens (tertiary/aromatic N) is 1. The molecule has 0 unspecified atom stereocenters. The van der Waals surface area contributed by atoms with Gasteiger partial charge in [0.15, 0.2) is 17.5 Å². The molecule has 0 aliphatic rings. The van der Waals surface area contributed by atoms with E-state index in [1.807, 2.05) is 0 Å². The molecule has 4 rings (SSSR count). The van der Waals surface area contributed by atoms with Gasteiger partial charge in [0, 0.05) is 16.0 Å². The van der Waals surface area contributed by atoms with Gasteiger partial charge in [-0.05, 0) is 53.6 Å². The third-order valence-corrected chi connectivity index (χ3v) is 4.37. The lowest BCUT2D eigenvalue weighted by Gasteiger charge is -2.05. The van der Waals surface area contributed by atoms with E-state index in [2.05, 4.69) is 15.5 Å². The van der Waals surface area contributed by atoms with Crippen LogP contribution in [0.25, 0.3) is 22.0 Å². The van der Waals surface area contributed by atoms with Gasteiger partial charge in [-0.2, -0.15) is 5.10 Å². The number of carbonyl (C=O) groups excluding carboxylic acids is 1. The topological polar surface area (TPSA) is 57.8 Å². The molecule has 0 fully saturated rings. The number of carbonyl (C=O) groups is 1. The largest absolute Gasteiger partial charge is 0.305 e. The number of rotatable bonds is 3. The second-order valence-corrected chi connectivity index (χ2v) is 6.36. The average molecular weight is 384 g/mol. The van der Waals surface area contributed by atoms with Crippen LogP contribution in [0.2, 0.25) is 5.02 Å². The lowest BCUT2D eigenvalue weighted by atomic mass is 10.0. The number of fused-ring (bicyclic) bond motifs is 1. The van der Waals surface area contributed by atoms with Crippen molar-refractivity contribution in [1.29, 1.82) is 0 Å². The van der Waals surface area contributed by atoms with Crippen molar-refractivity contribution < 1.29 is 13.6 Å². The third kappa shape index (κ3) is 3.39. The van der Waals surface area contributed by atoms with Gasteiger partial charge in [0.05, 0.1) is 5.52 Å². The van der Waals surface area contributed by atoms with Crippen molar-refractivity contribution in [2.24, 2.45) is 0 Å². The number of hydrogen-bond donors (Lipinski definition) is 2. The van der Waals surface area contributed by atoms with E-state index < -0.39 is 11.6 Å². The molecule has 0 spiro atoms. The number of aromatic amines is 1. The van der Waals surface area contributed by atoms with Crippen LogP contribution in [0.4, 0.5) is 14.6 Å². The van der Waals surface area contributed by atoms with E-state index in [0.717, 1.165) is 12.1 Å². The van der Waals surface area contributed by atoms with Crippen LogP contribution in [-0.2, 0) is 0 Å². The summed E-state index contributed by atoms with van der Waals surface area (Å²) in [5, 5.41) is 10.8. The highest BCUT2D eigenvalue weighted by atomic mass is 35.5. The Kier molecular flexibility index (Phi) is 4.33. The predicted octanol–water partition coefficient (Wildman–Crippen LogP) is 5.41. The quantitative estimate of drug-likeness (QED) is 0.496. The minimum atomic E-state index is -0.910. The van der Waals surface area contributed by atoms with Crippen LogP contribution >= 0.6 is 11.6 Å². The summed E-state index contributed by atoms with van der Waals surface area (Å²) in [4.78, 5) is 12.4. The van der Waals surface area contributed by atoms with Gasteiger partial charge in [-0.1, -0.05) is 29.8 Å². The molecule has 2 N–H and O–H groups in total. The highest BCUT2D eigenvalue weighted by Gasteiger charge is 2.13. The lowest BCUT2D eigenvalue weighted by Crippen LogP contribution is -2.12. The van der Waals surface area contributed by atoms with E-state index in [1.165, 1.54) is 6.07 Å². The molecule has 134 valence electrons. The maximum Gasteiger partial charge on any atom is 0.256 e. The molecule has 1 amide bonds.